The summed E-state index contributed by atoms with van der Waals surface area (Å²) < 4.78 is 64.3. The number of allylic oxidation sites excluding steroid dienone is 4. The molecular formula is C41H70F5N3O3. The molecule has 0 spiro atoms. The molecule has 0 amide bonds. The molecule has 1 heterocycles. The largest absolute Gasteiger partial charge is 0.422 e. The summed E-state index contributed by atoms with van der Waals surface area (Å²) in [5.74, 6) is -2.37. The summed E-state index contributed by atoms with van der Waals surface area (Å²) in [6, 6.07) is 0. The Kier molecular flexibility index (Phi) is 30.2. The van der Waals surface area contributed by atoms with Crippen molar-refractivity contribution in [3.8, 4) is 0 Å². The Balaban J connectivity index is -0.000000665. The Morgan fingerprint density at radius 1 is 0.962 bits per heavy atom. The van der Waals surface area contributed by atoms with Gasteiger partial charge in [-0.15, -0.1) is 0 Å². The smallest absolute Gasteiger partial charge is 0.300 e. The van der Waals surface area contributed by atoms with Crippen molar-refractivity contribution in [3.05, 3.63) is 50.6 Å². The Morgan fingerprint density at radius 2 is 1.52 bits per heavy atom. The highest BCUT2D eigenvalue weighted by molar-refractivity contribution is 5.98. The van der Waals surface area contributed by atoms with E-state index in [1.54, 1.807) is 13.8 Å². The summed E-state index contributed by atoms with van der Waals surface area (Å²) in [5.41, 5.74) is -0.963. The lowest BCUT2D eigenvalue weighted by Crippen LogP contribution is -2.26. The van der Waals surface area contributed by atoms with Gasteiger partial charge in [0.05, 0.1) is 12.1 Å². The number of carbonyl (C=O) groups excluding carboxylic acids is 2. The van der Waals surface area contributed by atoms with Gasteiger partial charge < -0.3 is 0 Å². The van der Waals surface area contributed by atoms with Crippen molar-refractivity contribution in [2.45, 2.75) is 185 Å². The van der Waals surface area contributed by atoms with Crippen molar-refractivity contribution in [2.24, 2.45) is 16.8 Å². The number of rotatable bonds is 16. The van der Waals surface area contributed by atoms with Crippen LogP contribution in [0.5, 0.6) is 0 Å². The lowest BCUT2D eigenvalue weighted by Gasteiger charge is -2.17. The summed E-state index contributed by atoms with van der Waals surface area (Å²) in [7, 11) is 0. The molecule has 2 rings (SSSR count). The van der Waals surface area contributed by atoms with Crippen molar-refractivity contribution >= 4 is 17.8 Å². The number of hydrogen-bond acceptors (Lipinski definition) is 5. The first-order chi connectivity index (χ1) is 24.3. The summed E-state index contributed by atoms with van der Waals surface area (Å²) >= 11 is 0. The van der Waals surface area contributed by atoms with Gasteiger partial charge in [0.25, 0.3) is 11.5 Å². The first-order valence-electron chi connectivity index (χ1n) is 19.3. The van der Waals surface area contributed by atoms with E-state index in [4.69, 9.17) is 0 Å². The van der Waals surface area contributed by atoms with Crippen molar-refractivity contribution in [1.29, 1.82) is 0 Å². The molecule has 1 aliphatic rings. The third kappa shape index (κ3) is 22.2. The number of nitrogens with one attached hydrogen (secondary N) is 1. The van der Waals surface area contributed by atoms with Crippen LogP contribution in [0.25, 0.3) is 0 Å². The number of aromatic amines is 1. The first kappa shape index (κ1) is 53.4. The van der Waals surface area contributed by atoms with E-state index in [0.29, 0.717) is 12.1 Å². The number of hydrogen-bond donors (Lipinski definition) is 1. The maximum Gasteiger partial charge on any atom is 0.422 e. The molecule has 1 aliphatic carbocycles. The van der Waals surface area contributed by atoms with Crippen molar-refractivity contribution in [1.82, 2.24) is 10.2 Å². The highest BCUT2D eigenvalue weighted by Crippen LogP contribution is 2.42. The van der Waals surface area contributed by atoms with Crippen LogP contribution in [0.3, 0.4) is 0 Å². The molecular weight excluding hydrogens is 677 g/mol. The second-order valence-corrected chi connectivity index (χ2v) is 12.8. The molecule has 11 heteroatoms. The number of unbranched alkanes of at least 4 members (excludes halogenated alkanes) is 5. The van der Waals surface area contributed by atoms with E-state index in [2.05, 4.69) is 17.0 Å². The number of halogens is 5. The number of aliphatic imine (C=N–C) groups is 1. The van der Waals surface area contributed by atoms with Gasteiger partial charge in [-0.2, -0.15) is 18.3 Å². The Bertz CT molecular complexity index is 1280. The number of ketones is 2. The lowest BCUT2D eigenvalue weighted by molar-refractivity contribution is -0.139. The monoisotopic (exact) mass is 748 g/mol. The van der Waals surface area contributed by atoms with E-state index in [1.807, 2.05) is 66.6 Å². The fraction of sp³-hybridized carbons (Fsp3) is 0.732. The number of nitrogens with zero attached hydrogens (tertiary/aromatic N) is 2. The van der Waals surface area contributed by atoms with Crippen LogP contribution in [0.2, 0.25) is 0 Å². The number of alkyl halides is 5. The second kappa shape index (κ2) is 29.5. The van der Waals surface area contributed by atoms with E-state index < -0.39 is 23.2 Å². The van der Waals surface area contributed by atoms with Crippen LogP contribution >= 0.6 is 0 Å². The molecule has 6 nitrogen and oxygen atoms in total. The minimum Gasteiger partial charge on any atom is -0.300 e. The van der Waals surface area contributed by atoms with Crippen molar-refractivity contribution in [3.63, 3.8) is 0 Å². The summed E-state index contributed by atoms with van der Waals surface area (Å²) in [6.07, 6.45) is 11.1. The third-order valence-electron chi connectivity index (χ3n) is 8.48. The number of H-pyrrole nitrogens is 1. The topological polar surface area (TPSA) is 92.2 Å². The van der Waals surface area contributed by atoms with E-state index >= 15 is 0 Å². The highest BCUT2D eigenvalue weighted by atomic mass is 19.4. The van der Waals surface area contributed by atoms with Gasteiger partial charge in [-0.3, -0.25) is 19.4 Å². The van der Waals surface area contributed by atoms with Gasteiger partial charge in [0, 0.05) is 36.2 Å². The summed E-state index contributed by atoms with van der Waals surface area (Å²) in [5, 5.41) is 5.84. The molecule has 0 bridgehead atoms. The standard InChI is InChI=1S/C14H26O2.C12H15F3N2O.C11H17F2N.2C2H6/c1-4-5-6-7-8-9-10-12(2)14(16)11-13(3)15;1-3-6(2)7-4-5-8-9(12(13,14)15)11(18)17-16-10(7)8;1-5-7-9(3)14-8-10(6-2)11(4,12)13;2*1-2/h12H,4-11H2,1-3H3;6-7H,3-5H2,1-2H3,(H,17,18);6-8H,5H2,1-4H3;2*1-2H3/b;;9-7+,10-6+,14-8+;;. The van der Waals surface area contributed by atoms with E-state index in [9.17, 15) is 36.3 Å². The molecule has 1 aromatic rings. The van der Waals surface area contributed by atoms with Gasteiger partial charge >= 0.3 is 6.18 Å². The molecule has 0 fully saturated rings. The fourth-order valence-corrected chi connectivity index (χ4v) is 5.41. The SMILES string of the molecule is CC.CC.CCC(C)C1CCc2c1n[nH]c(=O)c2C(F)(F)F.CCCCCCCCC(C)C(=O)CC(C)=O.C\C=C(/C=N/C(C)=C/CC)C(C)(F)F. The Morgan fingerprint density at radius 3 is 1.98 bits per heavy atom. The van der Waals surface area contributed by atoms with Gasteiger partial charge in [0.15, 0.2) is 0 Å². The van der Waals surface area contributed by atoms with Crippen LogP contribution in [0.15, 0.2) is 33.2 Å². The van der Waals surface area contributed by atoms with Crippen LogP contribution in [-0.2, 0) is 22.2 Å². The molecule has 1 N–H and O–H groups in total. The van der Waals surface area contributed by atoms with Gasteiger partial charge in [-0.05, 0) is 57.9 Å². The third-order valence-corrected chi connectivity index (χ3v) is 8.48. The zero-order valence-corrected chi connectivity index (χ0v) is 34.5. The molecule has 0 aromatic carbocycles. The zero-order chi connectivity index (χ0) is 41.1. The normalized spacial score (nSPS) is 15.4. The number of Topliss-reactive ketones (excluding diaryl/α,β-unsaturated/α-hetero) is 2. The predicted molar refractivity (Wildman–Crippen MR) is 207 cm³/mol. The van der Waals surface area contributed by atoms with Crippen LogP contribution in [0.1, 0.15) is 183 Å². The average molecular weight is 748 g/mol. The molecule has 302 valence electrons. The zero-order valence-electron chi connectivity index (χ0n) is 34.5. The van der Waals surface area contributed by atoms with Gasteiger partial charge in [0.2, 0.25) is 0 Å². The number of fused-ring (bicyclic) bond motifs is 1. The molecule has 0 radical (unpaired) electrons. The molecule has 52 heavy (non-hydrogen) atoms. The van der Waals surface area contributed by atoms with Crippen LogP contribution in [0.4, 0.5) is 22.0 Å². The predicted octanol–water partition coefficient (Wildman–Crippen LogP) is 12.8. The quantitative estimate of drug-likeness (QED) is 0.0788. The first-order valence-corrected chi connectivity index (χ1v) is 19.3. The maximum atomic E-state index is 12.9. The molecule has 0 aliphatic heterocycles. The van der Waals surface area contributed by atoms with E-state index in [-0.39, 0.29) is 53.3 Å². The van der Waals surface area contributed by atoms with Crippen LogP contribution in [0, 0.1) is 11.8 Å². The van der Waals surface area contributed by atoms with Crippen LogP contribution in [-0.4, -0.2) is 33.9 Å². The summed E-state index contributed by atoms with van der Waals surface area (Å²) in [4.78, 5) is 37.6. The minimum absolute atomic E-state index is 0.0141. The minimum atomic E-state index is -4.61. The van der Waals surface area contributed by atoms with E-state index in [1.165, 1.54) is 51.3 Å². The molecule has 0 saturated heterocycles. The average Bonchev–Trinajstić information content (AvgIpc) is 3.51. The van der Waals surface area contributed by atoms with Crippen molar-refractivity contribution in [2.75, 3.05) is 0 Å². The fourth-order valence-electron chi connectivity index (χ4n) is 5.41. The van der Waals surface area contributed by atoms with Gasteiger partial charge in [-0.25, -0.2) is 13.9 Å². The highest BCUT2D eigenvalue weighted by Gasteiger charge is 2.42. The van der Waals surface area contributed by atoms with Crippen molar-refractivity contribution < 1.29 is 31.5 Å². The van der Waals surface area contributed by atoms with Gasteiger partial charge in [0.1, 0.15) is 17.1 Å². The Hall–Kier alpha value is -2.98. The molecule has 3 unspecified atom stereocenters. The number of aromatic nitrogens is 2. The molecule has 0 saturated carbocycles. The summed E-state index contributed by atoms with van der Waals surface area (Å²) in [6.45, 7) is 23.9. The van der Waals surface area contributed by atoms with E-state index in [0.717, 1.165) is 38.3 Å². The maximum absolute atomic E-state index is 12.9. The number of carbonyl (C=O) groups is 2. The molecule has 1 aromatic heterocycles. The molecule has 3 atom stereocenters. The Labute approximate surface area is 311 Å². The second-order valence-electron chi connectivity index (χ2n) is 12.8. The van der Waals surface area contributed by atoms with Gasteiger partial charge in [-0.1, -0.05) is 119 Å². The van der Waals surface area contributed by atoms with Crippen LogP contribution < -0.4 is 5.56 Å². The lowest BCUT2D eigenvalue weighted by atomic mass is 9.90.